The molecule has 0 saturated carbocycles. The van der Waals surface area contributed by atoms with Crippen LogP contribution in [0.15, 0.2) is 72.8 Å². The molecular weight excluding hydrogens is 398 g/mol. The average molecular weight is 419 g/mol. The molecule has 0 saturated heterocycles. The SMILES string of the molecule is O=C(COC(=O)c1ccc(-c2ccc(O)cc2)cc1)NC[C@@H]1COc2ccccc2O1. The number of carbonyl (C=O) groups excluding carboxylic acids is 2. The smallest absolute Gasteiger partial charge is 0.338 e. The third kappa shape index (κ3) is 5.14. The molecule has 1 atom stereocenters. The highest BCUT2D eigenvalue weighted by atomic mass is 16.6. The number of hydrogen-bond acceptors (Lipinski definition) is 6. The standard InChI is InChI=1S/C24H21NO6/c26-19-11-9-17(10-12-19)16-5-7-18(8-6-16)24(28)30-15-23(27)25-13-20-14-29-21-3-1-2-4-22(21)31-20/h1-12,20,26H,13-15H2,(H,25,27)/t20-/m1/s1. The predicted octanol–water partition coefficient (Wildman–Crippen LogP) is 3.17. The zero-order chi connectivity index (χ0) is 21.6. The molecule has 7 nitrogen and oxygen atoms in total. The van der Waals surface area contributed by atoms with E-state index < -0.39 is 11.9 Å². The van der Waals surface area contributed by atoms with Crippen molar-refractivity contribution in [3.8, 4) is 28.4 Å². The molecule has 0 fully saturated rings. The average Bonchev–Trinajstić information content (AvgIpc) is 2.81. The minimum atomic E-state index is -0.585. The molecule has 0 aliphatic carbocycles. The number of carbonyl (C=O) groups is 2. The first-order chi connectivity index (χ1) is 15.1. The minimum Gasteiger partial charge on any atom is -0.508 e. The molecule has 4 rings (SSSR count). The lowest BCUT2D eigenvalue weighted by Gasteiger charge is -2.26. The highest BCUT2D eigenvalue weighted by molar-refractivity contribution is 5.91. The molecule has 0 radical (unpaired) electrons. The maximum atomic E-state index is 12.2. The van der Waals surface area contributed by atoms with Gasteiger partial charge in [0.2, 0.25) is 0 Å². The normalized spacial score (nSPS) is 14.5. The third-order valence-electron chi connectivity index (χ3n) is 4.75. The Bertz CT molecular complexity index is 1060. The first kappa shape index (κ1) is 20.3. The fraction of sp³-hybridized carbons (Fsp3) is 0.167. The first-order valence-corrected chi connectivity index (χ1v) is 9.80. The molecule has 2 N–H and O–H groups in total. The number of fused-ring (bicyclic) bond motifs is 1. The van der Waals surface area contributed by atoms with Crippen LogP contribution >= 0.6 is 0 Å². The summed E-state index contributed by atoms with van der Waals surface area (Å²) in [5, 5.41) is 12.1. The molecule has 1 aliphatic rings. The topological polar surface area (TPSA) is 94.1 Å². The minimum absolute atomic E-state index is 0.189. The second kappa shape index (κ2) is 9.21. The van der Waals surface area contributed by atoms with Gasteiger partial charge in [0.05, 0.1) is 12.1 Å². The van der Waals surface area contributed by atoms with Crippen LogP contribution in [0.25, 0.3) is 11.1 Å². The quantitative estimate of drug-likeness (QED) is 0.596. The summed E-state index contributed by atoms with van der Waals surface area (Å²) < 4.78 is 16.5. The molecule has 1 amide bonds. The zero-order valence-corrected chi connectivity index (χ0v) is 16.6. The summed E-state index contributed by atoms with van der Waals surface area (Å²) in [6, 6.07) is 20.9. The Morgan fingerprint density at radius 1 is 0.935 bits per heavy atom. The van der Waals surface area contributed by atoms with Gasteiger partial charge in [0.15, 0.2) is 18.1 Å². The number of esters is 1. The summed E-state index contributed by atoms with van der Waals surface area (Å²) in [4.78, 5) is 24.2. The highest BCUT2D eigenvalue weighted by Crippen LogP contribution is 2.30. The van der Waals surface area contributed by atoms with E-state index in [1.54, 1.807) is 54.6 Å². The number of hydrogen-bond donors (Lipinski definition) is 2. The summed E-state index contributed by atoms with van der Waals surface area (Å²) in [6.45, 7) is 0.180. The van der Waals surface area contributed by atoms with Gasteiger partial charge in [-0.2, -0.15) is 0 Å². The Labute approximate surface area is 179 Å². The number of ether oxygens (including phenoxy) is 3. The summed E-state index contributed by atoms with van der Waals surface area (Å²) in [5.74, 6) is 0.496. The second-order valence-corrected chi connectivity index (χ2v) is 7.00. The first-order valence-electron chi connectivity index (χ1n) is 9.80. The number of para-hydroxylation sites is 2. The molecule has 158 valence electrons. The van der Waals surface area contributed by atoms with Crippen LogP contribution in [-0.4, -0.2) is 42.8 Å². The van der Waals surface area contributed by atoms with E-state index >= 15 is 0 Å². The number of phenols is 1. The van der Waals surface area contributed by atoms with Gasteiger partial charge >= 0.3 is 5.97 Å². The zero-order valence-electron chi connectivity index (χ0n) is 16.6. The van der Waals surface area contributed by atoms with Gasteiger partial charge in [0, 0.05) is 0 Å². The Morgan fingerprint density at radius 3 is 2.29 bits per heavy atom. The van der Waals surface area contributed by atoms with E-state index in [-0.39, 0.29) is 25.0 Å². The molecule has 31 heavy (non-hydrogen) atoms. The molecule has 0 aromatic heterocycles. The lowest BCUT2D eigenvalue weighted by Crippen LogP contribution is -2.42. The molecule has 3 aromatic rings. The number of benzene rings is 3. The lowest BCUT2D eigenvalue weighted by atomic mass is 10.0. The fourth-order valence-electron chi connectivity index (χ4n) is 3.11. The number of aromatic hydroxyl groups is 1. The monoisotopic (exact) mass is 419 g/mol. The molecule has 7 heteroatoms. The second-order valence-electron chi connectivity index (χ2n) is 7.00. The summed E-state index contributed by atoms with van der Waals surface area (Å²) in [5.41, 5.74) is 2.15. The van der Waals surface area contributed by atoms with Crippen LogP contribution in [0.2, 0.25) is 0 Å². The summed E-state index contributed by atoms with van der Waals surface area (Å²) >= 11 is 0. The van der Waals surface area contributed by atoms with Crippen molar-refractivity contribution in [1.29, 1.82) is 0 Å². The van der Waals surface area contributed by atoms with E-state index in [2.05, 4.69) is 5.32 Å². The third-order valence-corrected chi connectivity index (χ3v) is 4.75. The Morgan fingerprint density at radius 2 is 1.58 bits per heavy atom. The Hall–Kier alpha value is -4.00. The van der Waals surface area contributed by atoms with Gasteiger partial charge in [-0.25, -0.2) is 4.79 Å². The van der Waals surface area contributed by atoms with E-state index in [1.807, 2.05) is 18.2 Å². The number of amides is 1. The number of phenolic OH excluding ortho intramolecular Hbond substituents is 1. The van der Waals surface area contributed by atoms with Crippen LogP contribution in [0.1, 0.15) is 10.4 Å². The largest absolute Gasteiger partial charge is 0.508 e. The summed E-state index contributed by atoms with van der Waals surface area (Å²) in [6.07, 6.45) is -0.318. The van der Waals surface area contributed by atoms with Gasteiger partial charge in [-0.1, -0.05) is 36.4 Å². The van der Waals surface area contributed by atoms with Crippen molar-refractivity contribution in [3.63, 3.8) is 0 Å². The maximum Gasteiger partial charge on any atom is 0.338 e. The van der Waals surface area contributed by atoms with E-state index in [0.29, 0.717) is 23.7 Å². The van der Waals surface area contributed by atoms with Gasteiger partial charge in [0.1, 0.15) is 18.5 Å². The van der Waals surface area contributed by atoms with Crippen molar-refractivity contribution >= 4 is 11.9 Å². The Balaban J connectivity index is 1.23. The maximum absolute atomic E-state index is 12.2. The van der Waals surface area contributed by atoms with Crippen LogP contribution in [0.5, 0.6) is 17.2 Å². The van der Waals surface area contributed by atoms with Gasteiger partial charge in [-0.15, -0.1) is 0 Å². The van der Waals surface area contributed by atoms with Crippen molar-refractivity contribution in [1.82, 2.24) is 5.32 Å². The van der Waals surface area contributed by atoms with Crippen LogP contribution < -0.4 is 14.8 Å². The van der Waals surface area contributed by atoms with Crippen LogP contribution in [0.4, 0.5) is 0 Å². The number of rotatable bonds is 6. The van der Waals surface area contributed by atoms with Crippen molar-refractivity contribution in [2.45, 2.75) is 6.10 Å². The van der Waals surface area contributed by atoms with Crippen molar-refractivity contribution < 1.29 is 28.9 Å². The van der Waals surface area contributed by atoms with Gasteiger partial charge in [-0.3, -0.25) is 4.79 Å². The Kier molecular flexibility index (Phi) is 6.03. The fourth-order valence-corrected chi connectivity index (χ4v) is 3.11. The predicted molar refractivity (Wildman–Crippen MR) is 113 cm³/mol. The number of nitrogens with one attached hydrogen (secondary N) is 1. The highest BCUT2D eigenvalue weighted by Gasteiger charge is 2.21. The van der Waals surface area contributed by atoms with Gasteiger partial charge < -0.3 is 24.6 Å². The van der Waals surface area contributed by atoms with Gasteiger partial charge in [-0.05, 0) is 47.5 Å². The van der Waals surface area contributed by atoms with Crippen molar-refractivity contribution in [2.24, 2.45) is 0 Å². The molecule has 0 bridgehead atoms. The molecule has 1 aliphatic heterocycles. The van der Waals surface area contributed by atoms with Crippen LogP contribution in [0.3, 0.4) is 0 Å². The van der Waals surface area contributed by atoms with Crippen molar-refractivity contribution in [2.75, 3.05) is 19.8 Å². The lowest BCUT2D eigenvalue weighted by molar-refractivity contribution is -0.124. The van der Waals surface area contributed by atoms with E-state index in [4.69, 9.17) is 14.2 Å². The molecule has 1 heterocycles. The summed E-state index contributed by atoms with van der Waals surface area (Å²) in [7, 11) is 0. The van der Waals surface area contributed by atoms with Gasteiger partial charge in [0.25, 0.3) is 5.91 Å². The molecule has 3 aromatic carbocycles. The van der Waals surface area contributed by atoms with E-state index in [0.717, 1.165) is 11.1 Å². The van der Waals surface area contributed by atoms with E-state index in [1.165, 1.54) is 0 Å². The van der Waals surface area contributed by atoms with Crippen LogP contribution in [-0.2, 0) is 9.53 Å². The van der Waals surface area contributed by atoms with Crippen LogP contribution in [0, 0.1) is 0 Å². The van der Waals surface area contributed by atoms with E-state index in [9.17, 15) is 14.7 Å². The molecule has 0 spiro atoms. The molecular formula is C24H21NO6. The molecule has 0 unspecified atom stereocenters. The van der Waals surface area contributed by atoms with Crippen molar-refractivity contribution in [3.05, 3.63) is 78.4 Å².